The van der Waals surface area contributed by atoms with Crippen molar-refractivity contribution in [2.75, 3.05) is 0 Å². The largest absolute Gasteiger partial charge is 0.505 e. The van der Waals surface area contributed by atoms with Crippen LogP contribution in [-0.2, 0) is 6.42 Å². The van der Waals surface area contributed by atoms with E-state index < -0.39 is 5.91 Å². The third-order valence-corrected chi connectivity index (χ3v) is 4.34. The lowest BCUT2D eigenvalue weighted by Crippen LogP contribution is -2.11. The molecule has 0 radical (unpaired) electrons. The van der Waals surface area contributed by atoms with E-state index in [9.17, 15) is 9.90 Å². The van der Waals surface area contributed by atoms with E-state index in [-0.39, 0.29) is 17.2 Å². The summed E-state index contributed by atoms with van der Waals surface area (Å²) < 4.78 is 0. The van der Waals surface area contributed by atoms with E-state index in [1.807, 2.05) is 30.3 Å². The van der Waals surface area contributed by atoms with Gasteiger partial charge in [-0.25, -0.2) is 4.98 Å². The minimum atomic E-state index is -0.654. The zero-order valence-corrected chi connectivity index (χ0v) is 13.6. The number of nitrogens with zero attached hydrogens (tertiary/aromatic N) is 1. The molecule has 0 saturated heterocycles. The van der Waals surface area contributed by atoms with Gasteiger partial charge in [-0.05, 0) is 36.5 Å². The Morgan fingerprint density at radius 2 is 1.83 bits per heavy atom. The van der Waals surface area contributed by atoms with Crippen molar-refractivity contribution in [2.24, 2.45) is 5.73 Å². The molecule has 3 aromatic rings. The molecule has 1 amide bonds. The van der Waals surface area contributed by atoms with Gasteiger partial charge in [0.15, 0.2) is 5.75 Å². The summed E-state index contributed by atoms with van der Waals surface area (Å²) >= 11 is 0. The van der Waals surface area contributed by atoms with Gasteiger partial charge in [-0.15, -0.1) is 0 Å². The van der Waals surface area contributed by atoms with Crippen LogP contribution in [0.15, 0.2) is 54.6 Å². The maximum atomic E-state index is 11.4. The van der Waals surface area contributed by atoms with Crippen LogP contribution in [0.25, 0.3) is 10.9 Å². The molecule has 0 aliphatic carbocycles. The number of benzene rings is 2. The molecule has 2 aromatic carbocycles. The van der Waals surface area contributed by atoms with Crippen molar-refractivity contribution in [3.8, 4) is 5.75 Å². The Kier molecular flexibility index (Phi) is 4.47. The van der Waals surface area contributed by atoms with Crippen molar-refractivity contribution < 1.29 is 9.90 Å². The van der Waals surface area contributed by atoms with Gasteiger partial charge in [-0.1, -0.05) is 49.4 Å². The standard InChI is InChI=1S/C20H20N2O2/c1-13(7-8-14-5-3-2-4-6-14)17-12-10-15-9-11-16(20(21)24)19(23)18(15)22-17/h2-6,9-13,23H,7-8H2,1H3,(H2,21,24). The van der Waals surface area contributed by atoms with E-state index >= 15 is 0 Å². The fourth-order valence-electron chi connectivity index (χ4n) is 2.84. The van der Waals surface area contributed by atoms with Crippen molar-refractivity contribution in [1.82, 2.24) is 4.98 Å². The van der Waals surface area contributed by atoms with Gasteiger partial charge in [0.05, 0.1) is 5.56 Å². The van der Waals surface area contributed by atoms with Crippen LogP contribution in [0.1, 0.15) is 40.9 Å². The van der Waals surface area contributed by atoms with Crippen LogP contribution in [-0.4, -0.2) is 16.0 Å². The topological polar surface area (TPSA) is 76.2 Å². The predicted octanol–water partition coefficient (Wildman–Crippen LogP) is 3.78. The monoisotopic (exact) mass is 320 g/mol. The third-order valence-electron chi connectivity index (χ3n) is 4.34. The smallest absolute Gasteiger partial charge is 0.252 e. The molecule has 122 valence electrons. The van der Waals surface area contributed by atoms with Gasteiger partial charge in [0.1, 0.15) is 5.52 Å². The normalized spacial score (nSPS) is 12.2. The maximum Gasteiger partial charge on any atom is 0.252 e. The lowest BCUT2D eigenvalue weighted by atomic mass is 9.97. The van der Waals surface area contributed by atoms with E-state index in [0.717, 1.165) is 23.9 Å². The maximum absolute atomic E-state index is 11.4. The predicted molar refractivity (Wildman–Crippen MR) is 95.1 cm³/mol. The molecule has 0 bridgehead atoms. The molecule has 0 spiro atoms. The summed E-state index contributed by atoms with van der Waals surface area (Å²) in [4.78, 5) is 16.0. The summed E-state index contributed by atoms with van der Waals surface area (Å²) in [5.41, 5.74) is 8.01. The zero-order chi connectivity index (χ0) is 17.1. The summed E-state index contributed by atoms with van der Waals surface area (Å²) in [6.45, 7) is 2.12. The van der Waals surface area contributed by atoms with Crippen LogP contribution >= 0.6 is 0 Å². The van der Waals surface area contributed by atoms with Gasteiger partial charge in [0.2, 0.25) is 0 Å². The molecular weight excluding hydrogens is 300 g/mol. The Hall–Kier alpha value is -2.88. The quantitative estimate of drug-likeness (QED) is 0.751. The second kappa shape index (κ2) is 6.71. The summed E-state index contributed by atoms with van der Waals surface area (Å²) in [6.07, 6.45) is 1.92. The lowest BCUT2D eigenvalue weighted by molar-refractivity contribution is 0.0998. The summed E-state index contributed by atoms with van der Waals surface area (Å²) in [5, 5.41) is 11.1. The number of nitrogens with two attached hydrogens (primary N) is 1. The van der Waals surface area contributed by atoms with Crippen molar-refractivity contribution in [2.45, 2.75) is 25.7 Å². The molecule has 1 unspecified atom stereocenters. The van der Waals surface area contributed by atoms with Crippen molar-refractivity contribution in [3.63, 3.8) is 0 Å². The molecule has 1 heterocycles. The first-order valence-electron chi connectivity index (χ1n) is 8.02. The minimum absolute atomic E-state index is 0.101. The van der Waals surface area contributed by atoms with Gasteiger partial charge < -0.3 is 10.8 Å². The number of hydrogen-bond donors (Lipinski definition) is 2. The SMILES string of the molecule is CC(CCc1ccccc1)c1ccc2ccc(C(N)=O)c(O)c2n1. The molecule has 1 aromatic heterocycles. The number of rotatable bonds is 5. The van der Waals surface area contributed by atoms with Crippen molar-refractivity contribution in [3.05, 3.63) is 71.4 Å². The van der Waals surface area contributed by atoms with Gasteiger partial charge in [0.25, 0.3) is 5.91 Å². The van der Waals surface area contributed by atoms with E-state index in [2.05, 4.69) is 24.0 Å². The van der Waals surface area contributed by atoms with Crippen LogP contribution in [0.3, 0.4) is 0 Å². The van der Waals surface area contributed by atoms with Crippen molar-refractivity contribution in [1.29, 1.82) is 0 Å². The van der Waals surface area contributed by atoms with Crippen molar-refractivity contribution >= 4 is 16.8 Å². The van der Waals surface area contributed by atoms with E-state index in [4.69, 9.17) is 5.73 Å². The number of fused-ring (bicyclic) bond motifs is 1. The molecule has 3 rings (SSSR count). The molecule has 0 aliphatic rings. The molecule has 0 aliphatic heterocycles. The highest BCUT2D eigenvalue weighted by molar-refractivity contribution is 6.01. The second-order valence-electron chi connectivity index (χ2n) is 6.06. The van der Waals surface area contributed by atoms with Crippen LogP contribution < -0.4 is 5.73 Å². The molecule has 4 nitrogen and oxygen atoms in total. The molecule has 0 fully saturated rings. The van der Waals surface area contributed by atoms with Crippen LogP contribution in [0.2, 0.25) is 0 Å². The third kappa shape index (κ3) is 3.23. The first-order valence-corrected chi connectivity index (χ1v) is 8.02. The first-order chi connectivity index (χ1) is 11.6. The fraction of sp³-hybridized carbons (Fsp3) is 0.200. The van der Waals surface area contributed by atoms with Crippen LogP contribution in [0, 0.1) is 0 Å². The zero-order valence-electron chi connectivity index (χ0n) is 13.6. The molecule has 1 atom stereocenters. The number of hydrogen-bond acceptors (Lipinski definition) is 3. The Bertz CT molecular complexity index is 875. The number of amides is 1. The molecular formula is C20H20N2O2. The summed E-state index contributed by atoms with van der Waals surface area (Å²) in [5.74, 6) is -0.554. The van der Waals surface area contributed by atoms with Crippen LogP contribution in [0.5, 0.6) is 5.75 Å². The van der Waals surface area contributed by atoms with Gasteiger partial charge in [0, 0.05) is 11.1 Å². The van der Waals surface area contributed by atoms with E-state index in [1.165, 1.54) is 11.6 Å². The summed E-state index contributed by atoms with van der Waals surface area (Å²) in [6, 6.07) is 17.5. The Morgan fingerprint density at radius 1 is 1.12 bits per heavy atom. The van der Waals surface area contributed by atoms with Gasteiger partial charge in [-0.2, -0.15) is 0 Å². The number of aromatic nitrogens is 1. The molecule has 24 heavy (non-hydrogen) atoms. The Morgan fingerprint density at radius 3 is 2.54 bits per heavy atom. The number of carbonyl (C=O) groups is 1. The Balaban J connectivity index is 1.86. The number of pyridine rings is 1. The average Bonchev–Trinajstić information content (AvgIpc) is 2.60. The molecule has 4 heteroatoms. The van der Waals surface area contributed by atoms with E-state index in [0.29, 0.717) is 5.52 Å². The highest BCUT2D eigenvalue weighted by Crippen LogP contribution is 2.29. The number of carbonyl (C=O) groups excluding carboxylic acids is 1. The first kappa shape index (κ1) is 16.0. The van der Waals surface area contributed by atoms with Crippen LogP contribution in [0.4, 0.5) is 0 Å². The molecule has 3 N–H and O–H groups in total. The number of aryl methyl sites for hydroxylation is 1. The van der Waals surface area contributed by atoms with Gasteiger partial charge >= 0.3 is 0 Å². The Labute approximate surface area is 141 Å². The minimum Gasteiger partial charge on any atom is -0.505 e. The number of primary amides is 1. The molecule has 0 saturated carbocycles. The van der Waals surface area contributed by atoms with Gasteiger partial charge in [-0.3, -0.25) is 4.79 Å². The fourth-order valence-corrected chi connectivity index (χ4v) is 2.84. The second-order valence-corrected chi connectivity index (χ2v) is 6.06. The number of aromatic hydroxyl groups is 1. The highest BCUT2D eigenvalue weighted by atomic mass is 16.3. The average molecular weight is 320 g/mol. The summed E-state index contributed by atoms with van der Waals surface area (Å²) in [7, 11) is 0. The highest BCUT2D eigenvalue weighted by Gasteiger charge is 2.14. The lowest BCUT2D eigenvalue weighted by Gasteiger charge is -2.13. The van der Waals surface area contributed by atoms with E-state index in [1.54, 1.807) is 6.07 Å². The number of phenols is 1.